The second-order valence-electron chi connectivity index (χ2n) is 3.35. The summed E-state index contributed by atoms with van der Waals surface area (Å²) in [5, 5.41) is 0. The van der Waals surface area contributed by atoms with Crippen LogP contribution in [0.15, 0.2) is 98.0 Å². The Hall–Kier alpha value is -1.29. The highest BCUT2D eigenvalue weighted by Crippen LogP contribution is 2.19. The van der Waals surface area contributed by atoms with Crippen LogP contribution in [0.5, 0.6) is 0 Å². The minimum atomic E-state index is 0.224. The molecule has 92 valence electrons. The van der Waals surface area contributed by atoms with Crippen LogP contribution >= 0.6 is 22.4 Å². The Labute approximate surface area is 125 Å². The summed E-state index contributed by atoms with van der Waals surface area (Å²) < 4.78 is 0.224. The predicted molar refractivity (Wildman–Crippen MR) is 95.0 cm³/mol. The van der Waals surface area contributed by atoms with Crippen molar-refractivity contribution in [1.29, 1.82) is 0 Å². The van der Waals surface area contributed by atoms with Gasteiger partial charge in [-0.15, -0.1) is 22.4 Å². The van der Waals surface area contributed by atoms with Crippen LogP contribution in [0.2, 0.25) is 0 Å². The van der Waals surface area contributed by atoms with E-state index in [9.17, 15) is 0 Å². The number of hydrogen-bond donors (Lipinski definition) is 0. The third kappa shape index (κ3) is 6.45. The van der Waals surface area contributed by atoms with E-state index in [1.165, 1.54) is 0 Å². The first-order valence-corrected chi connectivity index (χ1v) is 6.83. The summed E-state index contributed by atoms with van der Waals surface area (Å²) >= 11 is 2.37. The quantitative estimate of drug-likeness (QED) is 0.321. The maximum absolute atomic E-state index is 3.85. The smallest absolute Gasteiger partial charge is 0.136 e. The lowest BCUT2D eigenvalue weighted by atomic mass is 9.61. The molecule has 0 nitrogen and oxygen atoms in total. The van der Waals surface area contributed by atoms with Crippen LogP contribution in [-0.2, 0) is 0 Å². The van der Waals surface area contributed by atoms with Crippen molar-refractivity contribution in [3.05, 3.63) is 98.0 Å². The molecule has 0 saturated heterocycles. The minimum absolute atomic E-state index is 0.224. The molecule has 0 bridgehead atoms. The molecule has 0 heterocycles. The number of allylic oxidation sites excluding steroid dienone is 12. The molecule has 0 radical (unpaired) electrons. The molecule has 0 rings (SSSR count). The van der Waals surface area contributed by atoms with Crippen molar-refractivity contribution < 1.29 is 0 Å². The summed E-state index contributed by atoms with van der Waals surface area (Å²) in [5.41, 5.74) is 2.26. The van der Waals surface area contributed by atoms with Crippen LogP contribution in [0, 0.1) is 0 Å². The van der Waals surface area contributed by atoms with Gasteiger partial charge in [-0.1, -0.05) is 98.0 Å². The van der Waals surface area contributed by atoms with Gasteiger partial charge >= 0.3 is 0 Å². The van der Waals surface area contributed by atoms with Gasteiger partial charge in [0.05, 0.1) is 0 Å². The zero-order chi connectivity index (χ0) is 13.8. The van der Waals surface area contributed by atoms with Crippen LogP contribution in [0.25, 0.3) is 0 Å². The van der Waals surface area contributed by atoms with Gasteiger partial charge in [0.25, 0.3) is 4.57 Å². The zero-order valence-corrected chi connectivity index (χ0v) is 12.7. The molecule has 0 aromatic carbocycles. The van der Waals surface area contributed by atoms with Crippen LogP contribution < -0.4 is 0 Å². The van der Waals surface area contributed by atoms with Crippen molar-refractivity contribution in [3.8, 4) is 0 Å². The van der Waals surface area contributed by atoms with E-state index in [0.717, 1.165) is 10.9 Å². The molecule has 0 fully saturated rings. The minimum Gasteiger partial charge on any atom is -0.136 e. The highest BCUT2D eigenvalue weighted by atomic mass is 127. The van der Waals surface area contributed by atoms with Gasteiger partial charge in [0.1, 0.15) is 0 Å². The first-order valence-electron chi connectivity index (χ1n) is 5.58. The topological polar surface area (TPSA) is 0 Å². The Morgan fingerprint density at radius 1 is 0.722 bits per heavy atom. The standard InChI is InChI=1S/C16H18BI/c1-5-9-11-13-15(7-3)17(18)16(8-4)14-12-10-6-2/h5-14H,1-4H2/b11-9-,12-10-,15-13+,16-14+. The highest BCUT2D eigenvalue weighted by molar-refractivity contribution is 14.1. The number of halogens is 1. The molecule has 18 heavy (non-hydrogen) atoms. The summed E-state index contributed by atoms with van der Waals surface area (Å²) in [6, 6.07) is 0. The molecule has 2 heteroatoms. The Bertz CT molecular complexity index is 382. The molecule has 0 aliphatic heterocycles. The zero-order valence-electron chi connectivity index (χ0n) is 10.6. The van der Waals surface area contributed by atoms with Crippen LogP contribution in [0.4, 0.5) is 0 Å². The molecule has 0 aliphatic rings. The summed E-state index contributed by atoms with van der Waals surface area (Å²) in [6.45, 7) is 15.0. The van der Waals surface area contributed by atoms with E-state index < -0.39 is 0 Å². The van der Waals surface area contributed by atoms with Gasteiger partial charge in [-0.05, 0) is 0 Å². The van der Waals surface area contributed by atoms with Gasteiger partial charge in [-0.25, -0.2) is 0 Å². The normalized spacial score (nSPS) is 12.7. The Morgan fingerprint density at radius 2 is 1.11 bits per heavy atom. The molecular formula is C16H18BI. The summed E-state index contributed by atoms with van der Waals surface area (Å²) in [6.07, 6.45) is 19.0. The highest BCUT2D eigenvalue weighted by Gasteiger charge is 2.15. The van der Waals surface area contributed by atoms with Gasteiger partial charge in [0.2, 0.25) is 0 Å². The van der Waals surface area contributed by atoms with E-state index in [4.69, 9.17) is 0 Å². The van der Waals surface area contributed by atoms with Crippen molar-refractivity contribution >= 4 is 26.9 Å². The van der Waals surface area contributed by atoms with Crippen molar-refractivity contribution in [1.82, 2.24) is 0 Å². The van der Waals surface area contributed by atoms with E-state index in [-0.39, 0.29) is 4.57 Å². The lowest BCUT2D eigenvalue weighted by molar-refractivity contribution is 1.78. The molecule has 0 spiro atoms. The van der Waals surface area contributed by atoms with Gasteiger partial charge in [-0.2, -0.15) is 0 Å². The monoisotopic (exact) mass is 348 g/mol. The molecule has 0 aliphatic carbocycles. The lowest BCUT2D eigenvalue weighted by Gasteiger charge is -2.07. The Morgan fingerprint density at radius 3 is 1.39 bits per heavy atom. The molecule has 0 amide bonds. The van der Waals surface area contributed by atoms with E-state index in [1.807, 2.05) is 48.6 Å². The fourth-order valence-corrected chi connectivity index (χ4v) is 2.12. The van der Waals surface area contributed by atoms with Crippen molar-refractivity contribution in [3.63, 3.8) is 0 Å². The summed E-state index contributed by atoms with van der Waals surface area (Å²) in [7, 11) is 0. The van der Waals surface area contributed by atoms with Crippen molar-refractivity contribution in [2.75, 3.05) is 0 Å². The van der Waals surface area contributed by atoms with Gasteiger partial charge < -0.3 is 0 Å². The second-order valence-corrected chi connectivity index (χ2v) is 4.59. The molecule has 0 saturated carbocycles. The Kier molecular flexibility index (Phi) is 10.1. The molecule has 0 aromatic heterocycles. The van der Waals surface area contributed by atoms with Crippen LogP contribution in [0.3, 0.4) is 0 Å². The van der Waals surface area contributed by atoms with Gasteiger partial charge in [0, 0.05) is 0 Å². The Balaban J connectivity index is 5.10. The van der Waals surface area contributed by atoms with Gasteiger partial charge in [0.15, 0.2) is 0 Å². The largest absolute Gasteiger partial charge is 0.282 e. The van der Waals surface area contributed by atoms with Crippen molar-refractivity contribution in [2.24, 2.45) is 0 Å². The SMILES string of the molecule is C=C/C=C\C=C(/C=C)B(I)/C(C=C)=C/C=C\C=C. The van der Waals surface area contributed by atoms with Gasteiger partial charge in [-0.3, -0.25) is 0 Å². The molecule has 0 atom stereocenters. The first-order chi connectivity index (χ1) is 8.71. The molecular weight excluding hydrogens is 330 g/mol. The van der Waals surface area contributed by atoms with Crippen LogP contribution in [-0.4, -0.2) is 4.57 Å². The third-order valence-corrected chi connectivity index (χ3v) is 3.57. The average molecular weight is 348 g/mol. The number of hydrogen-bond acceptors (Lipinski definition) is 0. The molecule has 0 N–H and O–H groups in total. The van der Waals surface area contributed by atoms with Crippen LogP contribution in [0.1, 0.15) is 0 Å². The molecule has 0 aromatic rings. The summed E-state index contributed by atoms with van der Waals surface area (Å²) in [4.78, 5) is 0. The van der Waals surface area contributed by atoms with E-state index in [1.54, 1.807) is 12.2 Å². The number of rotatable bonds is 8. The van der Waals surface area contributed by atoms with Crippen molar-refractivity contribution in [2.45, 2.75) is 0 Å². The van der Waals surface area contributed by atoms with E-state index in [0.29, 0.717) is 0 Å². The van der Waals surface area contributed by atoms with E-state index >= 15 is 0 Å². The first kappa shape index (κ1) is 16.7. The lowest BCUT2D eigenvalue weighted by Crippen LogP contribution is -2.09. The fourth-order valence-electron chi connectivity index (χ4n) is 1.19. The average Bonchev–Trinajstić information content (AvgIpc) is 2.39. The predicted octanol–water partition coefficient (Wildman–Crippen LogP) is 5.20. The van der Waals surface area contributed by atoms with E-state index in [2.05, 4.69) is 48.7 Å². The maximum Gasteiger partial charge on any atom is 0.282 e. The fraction of sp³-hybridized carbons (Fsp3) is 0. The maximum atomic E-state index is 3.85. The molecule has 0 unspecified atom stereocenters. The third-order valence-electron chi connectivity index (χ3n) is 2.13. The second kappa shape index (κ2) is 10.8. The summed E-state index contributed by atoms with van der Waals surface area (Å²) in [5.74, 6) is 0.